The second kappa shape index (κ2) is 5.14. The van der Waals surface area contributed by atoms with Gasteiger partial charge in [0.25, 0.3) is 0 Å². The molecule has 5 heteroatoms. The second-order valence-electron chi connectivity index (χ2n) is 6.17. The molecule has 2 aromatic carbocycles. The number of nitrogens with zero attached hydrogens (tertiary/aromatic N) is 1. The highest BCUT2D eigenvalue weighted by molar-refractivity contribution is 6.15. The van der Waals surface area contributed by atoms with Gasteiger partial charge in [0.05, 0.1) is 12.6 Å². The van der Waals surface area contributed by atoms with E-state index in [1.807, 2.05) is 31.3 Å². The highest BCUT2D eigenvalue weighted by Gasteiger charge is 2.18. The zero-order chi connectivity index (χ0) is 17.0. The Bertz CT molecular complexity index is 1130. The van der Waals surface area contributed by atoms with Gasteiger partial charge in [0, 0.05) is 17.0 Å². The molecule has 0 saturated carbocycles. The van der Waals surface area contributed by atoms with E-state index >= 15 is 0 Å². The molecule has 0 unspecified atom stereocenters. The molecule has 3 heterocycles. The minimum atomic E-state index is 0.271. The van der Waals surface area contributed by atoms with Gasteiger partial charge in [-0.2, -0.15) is 0 Å². The van der Waals surface area contributed by atoms with E-state index in [-0.39, 0.29) is 6.79 Å². The molecular formula is C20H16N2O3. The first kappa shape index (κ1) is 14.2. The summed E-state index contributed by atoms with van der Waals surface area (Å²) in [4.78, 5) is 7.93. The van der Waals surface area contributed by atoms with E-state index in [0.717, 1.165) is 55.9 Å². The highest BCUT2D eigenvalue weighted by Crippen LogP contribution is 2.42. The standard InChI is InChI=1S/C20H16N2O3/c1-11-7-14-18-13(12-3-5-15-17(8-12)25-10-24-15)4-6-16(23-2)19(18)22-20(14)21-9-11/h3-9H,10H2,1-2H3,(H,21,22). The average Bonchev–Trinajstić information content (AvgIpc) is 3.24. The number of pyridine rings is 1. The number of benzene rings is 2. The Kier molecular flexibility index (Phi) is 2.91. The summed E-state index contributed by atoms with van der Waals surface area (Å²) in [5.41, 5.74) is 5.10. The largest absolute Gasteiger partial charge is 0.495 e. The van der Waals surface area contributed by atoms with Gasteiger partial charge in [0.15, 0.2) is 11.5 Å². The van der Waals surface area contributed by atoms with Crippen LogP contribution in [0.1, 0.15) is 5.56 Å². The second-order valence-corrected chi connectivity index (χ2v) is 6.17. The van der Waals surface area contributed by atoms with Crippen LogP contribution in [-0.2, 0) is 0 Å². The number of fused-ring (bicyclic) bond motifs is 4. The van der Waals surface area contributed by atoms with Gasteiger partial charge in [-0.15, -0.1) is 0 Å². The zero-order valence-corrected chi connectivity index (χ0v) is 13.9. The Hall–Kier alpha value is -3.21. The number of H-pyrrole nitrogens is 1. The number of aromatic amines is 1. The maximum atomic E-state index is 5.55. The molecule has 0 fully saturated rings. The van der Waals surface area contributed by atoms with Crippen molar-refractivity contribution in [2.24, 2.45) is 0 Å². The lowest BCUT2D eigenvalue weighted by Gasteiger charge is -2.09. The smallest absolute Gasteiger partial charge is 0.231 e. The molecule has 1 aliphatic heterocycles. The van der Waals surface area contributed by atoms with Crippen molar-refractivity contribution in [3.05, 3.63) is 48.2 Å². The first-order valence-electron chi connectivity index (χ1n) is 8.09. The fourth-order valence-corrected chi connectivity index (χ4v) is 3.44. The van der Waals surface area contributed by atoms with Crippen molar-refractivity contribution in [1.29, 1.82) is 0 Å². The Morgan fingerprint density at radius 1 is 1.08 bits per heavy atom. The van der Waals surface area contributed by atoms with Crippen molar-refractivity contribution in [3.63, 3.8) is 0 Å². The fraction of sp³-hybridized carbons (Fsp3) is 0.150. The van der Waals surface area contributed by atoms with Crippen molar-refractivity contribution in [3.8, 4) is 28.4 Å². The van der Waals surface area contributed by atoms with E-state index in [9.17, 15) is 0 Å². The minimum absolute atomic E-state index is 0.271. The van der Waals surface area contributed by atoms with Gasteiger partial charge in [-0.3, -0.25) is 0 Å². The predicted octanol–water partition coefficient (Wildman–Crippen LogP) is 4.43. The summed E-state index contributed by atoms with van der Waals surface area (Å²) in [5, 5.41) is 2.19. The summed E-state index contributed by atoms with van der Waals surface area (Å²) >= 11 is 0. The Morgan fingerprint density at radius 2 is 1.96 bits per heavy atom. The van der Waals surface area contributed by atoms with E-state index in [4.69, 9.17) is 14.2 Å². The molecule has 4 aromatic rings. The molecule has 0 aliphatic carbocycles. The summed E-state index contributed by atoms with van der Waals surface area (Å²) < 4.78 is 16.5. The third kappa shape index (κ3) is 2.05. The van der Waals surface area contributed by atoms with Gasteiger partial charge in [0.1, 0.15) is 11.4 Å². The van der Waals surface area contributed by atoms with Gasteiger partial charge >= 0.3 is 0 Å². The fourth-order valence-electron chi connectivity index (χ4n) is 3.44. The third-order valence-electron chi connectivity index (χ3n) is 4.61. The molecule has 0 amide bonds. The molecular weight excluding hydrogens is 316 g/mol. The lowest BCUT2D eigenvalue weighted by atomic mass is 9.98. The van der Waals surface area contributed by atoms with Crippen LogP contribution >= 0.6 is 0 Å². The van der Waals surface area contributed by atoms with E-state index in [0.29, 0.717) is 0 Å². The zero-order valence-electron chi connectivity index (χ0n) is 13.9. The maximum Gasteiger partial charge on any atom is 0.231 e. The normalized spacial score (nSPS) is 12.9. The van der Waals surface area contributed by atoms with Crippen molar-refractivity contribution >= 4 is 21.9 Å². The summed E-state index contributed by atoms with van der Waals surface area (Å²) in [7, 11) is 1.68. The molecule has 0 bridgehead atoms. The molecule has 124 valence electrons. The van der Waals surface area contributed by atoms with Crippen LogP contribution in [0.15, 0.2) is 42.6 Å². The number of aryl methyl sites for hydroxylation is 1. The lowest BCUT2D eigenvalue weighted by molar-refractivity contribution is 0.174. The van der Waals surface area contributed by atoms with Crippen LogP contribution in [-0.4, -0.2) is 23.9 Å². The van der Waals surface area contributed by atoms with Crippen LogP contribution in [0.2, 0.25) is 0 Å². The monoisotopic (exact) mass is 332 g/mol. The molecule has 1 aliphatic rings. The van der Waals surface area contributed by atoms with Gasteiger partial charge in [0.2, 0.25) is 6.79 Å². The van der Waals surface area contributed by atoms with Crippen LogP contribution in [0.4, 0.5) is 0 Å². The number of nitrogens with one attached hydrogen (secondary N) is 1. The maximum absolute atomic E-state index is 5.55. The number of hydrogen-bond donors (Lipinski definition) is 1. The van der Waals surface area contributed by atoms with Crippen LogP contribution in [0.5, 0.6) is 17.2 Å². The van der Waals surface area contributed by atoms with Crippen molar-refractivity contribution in [2.45, 2.75) is 6.92 Å². The van der Waals surface area contributed by atoms with Gasteiger partial charge < -0.3 is 19.2 Å². The number of ether oxygens (including phenoxy) is 3. The van der Waals surface area contributed by atoms with Crippen LogP contribution in [0.25, 0.3) is 33.1 Å². The third-order valence-corrected chi connectivity index (χ3v) is 4.61. The Morgan fingerprint density at radius 3 is 2.84 bits per heavy atom. The topological polar surface area (TPSA) is 56.4 Å². The quantitative estimate of drug-likeness (QED) is 0.590. The van der Waals surface area contributed by atoms with E-state index < -0.39 is 0 Å². The first-order chi connectivity index (χ1) is 12.2. The number of hydrogen-bond acceptors (Lipinski definition) is 4. The van der Waals surface area contributed by atoms with Gasteiger partial charge in [-0.1, -0.05) is 6.07 Å². The van der Waals surface area contributed by atoms with E-state index in [2.05, 4.69) is 28.2 Å². The number of methoxy groups -OCH3 is 1. The van der Waals surface area contributed by atoms with Crippen molar-refractivity contribution in [2.75, 3.05) is 13.9 Å². The molecule has 1 N–H and O–H groups in total. The van der Waals surface area contributed by atoms with Crippen LogP contribution in [0.3, 0.4) is 0 Å². The first-order valence-corrected chi connectivity index (χ1v) is 8.09. The summed E-state index contributed by atoms with van der Waals surface area (Å²) in [6.07, 6.45) is 1.87. The molecule has 0 saturated heterocycles. The summed E-state index contributed by atoms with van der Waals surface area (Å²) in [5.74, 6) is 2.36. The van der Waals surface area contributed by atoms with Crippen molar-refractivity contribution in [1.82, 2.24) is 9.97 Å². The molecule has 0 atom stereocenters. The molecule has 0 radical (unpaired) electrons. The van der Waals surface area contributed by atoms with E-state index in [1.54, 1.807) is 7.11 Å². The highest BCUT2D eigenvalue weighted by atomic mass is 16.7. The molecule has 2 aromatic heterocycles. The predicted molar refractivity (Wildman–Crippen MR) is 96.4 cm³/mol. The number of rotatable bonds is 2. The van der Waals surface area contributed by atoms with Gasteiger partial charge in [-0.25, -0.2) is 4.98 Å². The lowest BCUT2D eigenvalue weighted by Crippen LogP contribution is -1.92. The van der Waals surface area contributed by atoms with Crippen molar-refractivity contribution < 1.29 is 14.2 Å². The molecule has 0 spiro atoms. The molecule has 5 nitrogen and oxygen atoms in total. The van der Waals surface area contributed by atoms with Crippen LogP contribution in [0, 0.1) is 6.92 Å². The molecule has 5 rings (SSSR count). The summed E-state index contributed by atoms with van der Waals surface area (Å²) in [6.45, 7) is 2.32. The summed E-state index contributed by atoms with van der Waals surface area (Å²) in [6, 6.07) is 12.2. The van der Waals surface area contributed by atoms with Crippen LogP contribution < -0.4 is 14.2 Å². The van der Waals surface area contributed by atoms with E-state index in [1.165, 1.54) is 0 Å². The van der Waals surface area contributed by atoms with Gasteiger partial charge in [-0.05, 0) is 53.9 Å². The minimum Gasteiger partial charge on any atom is -0.495 e. The molecule has 25 heavy (non-hydrogen) atoms. The Labute approximate surface area is 144 Å². The SMILES string of the molecule is COc1ccc(-c2ccc3c(c2)OCO3)c2c1[nH]c1ncc(C)cc12. The number of aromatic nitrogens is 2. The Balaban J connectivity index is 1.86. The average molecular weight is 332 g/mol.